The second-order valence-corrected chi connectivity index (χ2v) is 2.13. The monoisotopic (exact) mass is 129 g/mol. The van der Waals surface area contributed by atoms with E-state index in [2.05, 4.69) is 27.0 Å². The summed E-state index contributed by atoms with van der Waals surface area (Å²) in [6, 6.07) is 0. The van der Waals surface area contributed by atoms with Crippen molar-refractivity contribution in [3.8, 4) is 0 Å². The number of nitrogens with two attached hydrogens (primary N) is 1. The molecule has 0 heterocycles. The maximum Gasteiger partial charge on any atom is -0.00515 e. The predicted octanol–water partition coefficient (Wildman–Crippen LogP) is 2.18. The van der Waals surface area contributed by atoms with Crippen LogP contribution < -0.4 is 5.73 Å². The third-order valence-corrected chi connectivity index (χ3v) is 1.18. The number of hydrogen-bond acceptors (Lipinski definition) is 1. The van der Waals surface area contributed by atoms with Gasteiger partial charge < -0.3 is 5.73 Å². The fourth-order valence-corrected chi connectivity index (χ4v) is 0.611. The number of hydrogen-bond donors (Lipinski definition) is 1. The van der Waals surface area contributed by atoms with Crippen molar-refractivity contribution in [3.63, 3.8) is 0 Å². The zero-order chi connectivity index (χ0) is 7.70. The van der Waals surface area contributed by atoms with Gasteiger partial charge in [-0.15, -0.1) is 13.2 Å². The molecule has 0 rings (SSSR count). The normalized spacial score (nSPS) is 11.4. The summed E-state index contributed by atoms with van der Waals surface area (Å²) in [4.78, 5) is 0. The predicted molar refractivity (Wildman–Crippen MR) is 44.4 cm³/mol. The topological polar surface area (TPSA) is 26.0 Å². The maximum atomic E-state index is 5.36. The van der Waals surface area contributed by atoms with Gasteiger partial charge in [-0.1, -0.05) is 20.3 Å². The van der Waals surface area contributed by atoms with E-state index in [1.165, 1.54) is 12.8 Å². The van der Waals surface area contributed by atoms with Crippen molar-refractivity contribution in [2.24, 2.45) is 11.7 Å². The maximum absolute atomic E-state index is 5.36. The Kier molecular flexibility index (Phi) is 13.6. The van der Waals surface area contributed by atoms with Crippen LogP contribution in [0.2, 0.25) is 0 Å². The molecule has 0 amide bonds. The van der Waals surface area contributed by atoms with E-state index < -0.39 is 0 Å². The highest BCUT2D eigenvalue weighted by Crippen LogP contribution is 2.00. The van der Waals surface area contributed by atoms with Gasteiger partial charge in [0, 0.05) is 0 Å². The Bertz CT molecular complexity index is 43.8. The minimum Gasteiger partial charge on any atom is -0.330 e. The highest BCUT2D eigenvalue weighted by molar-refractivity contribution is 4.49. The second-order valence-electron chi connectivity index (χ2n) is 2.13. The Morgan fingerprint density at radius 3 is 2.00 bits per heavy atom. The lowest BCUT2D eigenvalue weighted by Crippen LogP contribution is -2.09. The molecule has 0 radical (unpaired) electrons. The molecule has 1 heteroatoms. The van der Waals surface area contributed by atoms with Gasteiger partial charge in [-0.3, -0.25) is 0 Å². The van der Waals surface area contributed by atoms with Crippen molar-refractivity contribution in [2.45, 2.75) is 26.7 Å². The molecule has 0 saturated heterocycles. The molecule has 1 unspecified atom stereocenters. The zero-order valence-electron chi connectivity index (χ0n) is 6.69. The molecule has 0 saturated carbocycles. The van der Waals surface area contributed by atoms with Gasteiger partial charge in [-0.25, -0.2) is 0 Å². The van der Waals surface area contributed by atoms with E-state index in [0.717, 1.165) is 12.5 Å². The Balaban J connectivity index is 0. The standard InChI is InChI=1S/C6H15N.C2H4/c1-3-4-6(2)5-7;1-2/h6H,3-5,7H2,1-2H3;1-2H2. The molecule has 56 valence electrons. The van der Waals surface area contributed by atoms with E-state index in [4.69, 9.17) is 5.73 Å². The highest BCUT2D eigenvalue weighted by Gasteiger charge is 1.92. The first kappa shape index (κ1) is 11.5. The van der Waals surface area contributed by atoms with Crippen molar-refractivity contribution in [1.29, 1.82) is 0 Å². The van der Waals surface area contributed by atoms with Crippen LogP contribution in [0.3, 0.4) is 0 Å². The SMILES string of the molecule is C=C.CCCC(C)CN. The largest absolute Gasteiger partial charge is 0.330 e. The van der Waals surface area contributed by atoms with Gasteiger partial charge in [-0.05, 0) is 18.9 Å². The smallest absolute Gasteiger partial charge is 0.00515 e. The first-order chi connectivity index (χ1) is 4.31. The Hall–Kier alpha value is -0.300. The van der Waals surface area contributed by atoms with Crippen LogP contribution in [0.5, 0.6) is 0 Å². The molecule has 9 heavy (non-hydrogen) atoms. The average molecular weight is 129 g/mol. The summed E-state index contributed by atoms with van der Waals surface area (Å²) >= 11 is 0. The van der Waals surface area contributed by atoms with Gasteiger partial charge >= 0.3 is 0 Å². The summed E-state index contributed by atoms with van der Waals surface area (Å²) in [7, 11) is 0. The second kappa shape index (κ2) is 10.6. The minimum absolute atomic E-state index is 0.727. The van der Waals surface area contributed by atoms with E-state index in [1.807, 2.05) is 0 Å². The van der Waals surface area contributed by atoms with Crippen LogP contribution in [-0.4, -0.2) is 6.54 Å². The fraction of sp³-hybridized carbons (Fsp3) is 0.750. The molecule has 0 aliphatic heterocycles. The Labute approximate surface area is 58.9 Å². The molecular weight excluding hydrogens is 110 g/mol. The molecule has 0 fully saturated rings. The van der Waals surface area contributed by atoms with Gasteiger partial charge in [-0.2, -0.15) is 0 Å². The molecule has 0 bridgehead atoms. The third-order valence-electron chi connectivity index (χ3n) is 1.18. The van der Waals surface area contributed by atoms with Crippen molar-refractivity contribution >= 4 is 0 Å². The molecule has 0 aliphatic rings. The van der Waals surface area contributed by atoms with Gasteiger partial charge in [0.1, 0.15) is 0 Å². The summed E-state index contributed by atoms with van der Waals surface area (Å²) in [6.07, 6.45) is 2.54. The van der Waals surface area contributed by atoms with Crippen molar-refractivity contribution in [3.05, 3.63) is 13.2 Å². The summed E-state index contributed by atoms with van der Waals surface area (Å²) in [6.45, 7) is 11.2. The van der Waals surface area contributed by atoms with Crippen LogP contribution in [0.25, 0.3) is 0 Å². The van der Waals surface area contributed by atoms with Crippen molar-refractivity contribution in [1.82, 2.24) is 0 Å². The first-order valence-electron chi connectivity index (χ1n) is 3.51. The van der Waals surface area contributed by atoms with E-state index in [9.17, 15) is 0 Å². The van der Waals surface area contributed by atoms with Crippen LogP contribution in [0, 0.1) is 5.92 Å². The molecule has 2 N–H and O–H groups in total. The van der Waals surface area contributed by atoms with E-state index in [1.54, 1.807) is 0 Å². The quantitative estimate of drug-likeness (QED) is 0.581. The van der Waals surface area contributed by atoms with Gasteiger partial charge in [0.2, 0.25) is 0 Å². The number of rotatable bonds is 3. The fourth-order valence-electron chi connectivity index (χ4n) is 0.611. The van der Waals surface area contributed by atoms with E-state index >= 15 is 0 Å². The molecule has 0 spiro atoms. The van der Waals surface area contributed by atoms with Gasteiger partial charge in [0.25, 0.3) is 0 Å². The molecular formula is C8H19N. The first-order valence-corrected chi connectivity index (χ1v) is 3.51. The summed E-state index contributed by atoms with van der Waals surface area (Å²) in [5, 5.41) is 0. The summed E-state index contributed by atoms with van der Waals surface area (Å²) < 4.78 is 0. The van der Waals surface area contributed by atoms with Crippen LogP contribution >= 0.6 is 0 Å². The lowest BCUT2D eigenvalue weighted by Gasteiger charge is -2.02. The molecule has 0 aliphatic carbocycles. The van der Waals surface area contributed by atoms with Crippen LogP contribution in [0.1, 0.15) is 26.7 Å². The zero-order valence-corrected chi connectivity index (χ0v) is 6.69. The highest BCUT2D eigenvalue weighted by atomic mass is 14.5. The van der Waals surface area contributed by atoms with Crippen LogP contribution in [0.4, 0.5) is 0 Å². The van der Waals surface area contributed by atoms with Crippen molar-refractivity contribution < 1.29 is 0 Å². The average Bonchev–Trinajstić information content (AvgIpc) is 1.93. The summed E-state index contributed by atoms with van der Waals surface area (Å²) in [5.41, 5.74) is 5.36. The summed E-state index contributed by atoms with van der Waals surface area (Å²) in [5.74, 6) is 0.727. The van der Waals surface area contributed by atoms with Crippen LogP contribution in [-0.2, 0) is 0 Å². The lowest BCUT2D eigenvalue weighted by atomic mass is 10.1. The van der Waals surface area contributed by atoms with Gasteiger partial charge in [0.15, 0.2) is 0 Å². The molecule has 0 aromatic heterocycles. The van der Waals surface area contributed by atoms with Crippen molar-refractivity contribution in [2.75, 3.05) is 6.54 Å². The third kappa shape index (κ3) is 11.3. The Morgan fingerprint density at radius 1 is 1.44 bits per heavy atom. The molecule has 0 aromatic carbocycles. The Morgan fingerprint density at radius 2 is 1.89 bits per heavy atom. The van der Waals surface area contributed by atoms with Gasteiger partial charge in [0.05, 0.1) is 0 Å². The molecule has 0 aromatic rings. The van der Waals surface area contributed by atoms with E-state index in [0.29, 0.717) is 0 Å². The molecule has 1 atom stereocenters. The minimum atomic E-state index is 0.727. The van der Waals surface area contributed by atoms with E-state index in [-0.39, 0.29) is 0 Å². The van der Waals surface area contributed by atoms with Crippen LogP contribution in [0.15, 0.2) is 13.2 Å². The lowest BCUT2D eigenvalue weighted by molar-refractivity contribution is 0.536. The molecule has 1 nitrogen and oxygen atoms in total.